The molecule has 8 unspecified atom stereocenters. The van der Waals surface area contributed by atoms with Gasteiger partial charge in [0.05, 0.1) is 0 Å². The van der Waals surface area contributed by atoms with Gasteiger partial charge in [0.1, 0.15) is 0 Å². The van der Waals surface area contributed by atoms with E-state index in [4.69, 9.17) is 0 Å². The molecule has 26 heavy (non-hydrogen) atoms. The predicted octanol–water partition coefficient (Wildman–Crippen LogP) is 5.94. The molecule has 4 heteroatoms. The summed E-state index contributed by atoms with van der Waals surface area (Å²) < 4.78 is 0.187. The fourth-order valence-corrected chi connectivity index (χ4v) is 95.4. The molecule has 2 aromatic rings. The minimum atomic E-state index is -4.04. The monoisotopic (exact) mass is 400 g/mol. The number of hydrogen-bond acceptors (Lipinski definition) is 3. The van der Waals surface area contributed by atoms with Crippen LogP contribution in [0.2, 0.25) is 47.2 Å². The molecule has 2 nitrogen and oxygen atoms in total. The number of ketones is 2. The van der Waals surface area contributed by atoms with Gasteiger partial charge in [-0.15, -0.1) is 0 Å². The molecule has 0 bridgehead atoms. The van der Waals surface area contributed by atoms with Gasteiger partial charge >= 0.3 is 144 Å². The summed E-state index contributed by atoms with van der Waals surface area (Å²) in [7, 11) is 0. The topological polar surface area (TPSA) is 34.1 Å². The first-order valence-electron chi connectivity index (χ1n) is 9.86. The number of carbonyl (C=O) groups excluding carboxylic acids is 2. The second kappa shape index (κ2) is 1.21. The van der Waals surface area contributed by atoms with Crippen molar-refractivity contribution >= 4 is 22.9 Å². The van der Waals surface area contributed by atoms with Crippen LogP contribution in [0.4, 0.5) is 0 Å². The molecule has 8 atom stereocenters. The van der Waals surface area contributed by atoms with E-state index in [1.54, 1.807) is 11.3 Å². The van der Waals surface area contributed by atoms with E-state index in [1.165, 1.54) is 0 Å². The normalized spacial score (nSPS) is 84.5. The second-order valence-electron chi connectivity index (χ2n) is 12.8. The van der Waals surface area contributed by atoms with E-state index in [1.807, 2.05) is 36.4 Å². The Bertz CT molecular complexity index is 1620. The van der Waals surface area contributed by atoms with E-state index in [0.29, 0.717) is 11.6 Å². The Balaban J connectivity index is 1.26. The maximum atomic E-state index is 14.0. The summed E-state index contributed by atoms with van der Waals surface area (Å²) in [6, 6.07) is 14.2. The number of carbonyl (C=O) groups is 2. The number of thiophene rings is 1. The molecule has 0 radical (unpaired) electrons. The summed E-state index contributed by atoms with van der Waals surface area (Å²) in [6.45, 7) is -4.04. The Kier molecular flexibility index (Phi) is 0.511. The average Bonchev–Trinajstić information content (AvgIpc) is 3.57. The van der Waals surface area contributed by atoms with Crippen LogP contribution in [0.15, 0.2) is 47.8 Å². The van der Waals surface area contributed by atoms with Crippen molar-refractivity contribution in [2.75, 3.05) is 0 Å². The first-order chi connectivity index (χ1) is 12.5. The molecule has 1 aromatic carbocycles. The third kappa shape index (κ3) is 0.160. The number of hydrogen-bond donors (Lipinski definition) is 0. The molecule has 12 rings (SSSR count). The van der Waals surface area contributed by atoms with E-state index < -0.39 is 6.51 Å². The fourth-order valence-electron chi connectivity index (χ4n) is 19.2. The van der Waals surface area contributed by atoms with Gasteiger partial charge < -0.3 is 0 Å². The number of benzene rings is 1. The van der Waals surface area contributed by atoms with Crippen molar-refractivity contribution in [2.45, 2.75) is 47.2 Å². The quantitative estimate of drug-likeness (QED) is 0.470. The van der Waals surface area contributed by atoms with Crippen LogP contribution in [-0.4, -0.2) is 11.6 Å². The molecule has 1 spiro atoms. The first-order valence-corrected chi connectivity index (χ1v) is 16.9. The molecule has 0 amide bonds. The van der Waals surface area contributed by atoms with Gasteiger partial charge in [0.15, 0.2) is 0 Å². The Morgan fingerprint density at radius 1 is 0.769 bits per heavy atom. The number of rotatable bonds is 4. The van der Waals surface area contributed by atoms with Gasteiger partial charge in [0.25, 0.3) is 0 Å². The SMILES string of the molecule is O=C(c1ccccc1)[C]12[CH]3[CH]4[CH]5[CH]1[Fe]45321678[CH]2[CH]1[CH]6[C]7(C(=O)c1cccs1)[CH]28. The van der Waals surface area contributed by atoms with Crippen molar-refractivity contribution in [3.63, 3.8) is 0 Å². The standard InChI is InChI=1S/C12H9O.C10H7OS.Fe/c13-12(11-8-4-5-9-11)10-6-2-1-3-7-10;11-10(8-4-1-2-5-8)9-6-3-7-12-9;/h1-9H;1-7H;. The summed E-state index contributed by atoms with van der Waals surface area (Å²) in [5, 5.41) is 2.06. The van der Waals surface area contributed by atoms with Gasteiger partial charge in [-0.1, -0.05) is 0 Å². The Hall–Kier alpha value is -1.22. The van der Waals surface area contributed by atoms with Crippen LogP contribution in [0, 0.1) is 0 Å². The van der Waals surface area contributed by atoms with Gasteiger partial charge in [-0.05, 0) is 0 Å². The molecule has 0 N–H and O–H groups in total. The van der Waals surface area contributed by atoms with Crippen LogP contribution in [-0.2, 0) is 6.51 Å². The second-order valence-corrected chi connectivity index (χ2v) is 36.9. The van der Waals surface area contributed by atoms with Crippen molar-refractivity contribution in [3.8, 4) is 0 Å². The summed E-state index contributed by atoms with van der Waals surface area (Å²) in [5.74, 6) is 1.06. The van der Waals surface area contributed by atoms with Crippen LogP contribution in [0.1, 0.15) is 20.0 Å². The third-order valence-corrected chi connectivity index (χ3v) is 60.8. The van der Waals surface area contributed by atoms with Gasteiger partial charge in [-0.25, -0.2) is 0 Å². The molecular formula is C22H16FeO2S. The summed E-state index contributed by atoms with van der Waals surface area (Å²) >= 11 is 1.65. The molecule has 10 fully saturated rings. The number of fused-ring (bicyclic) bond motifs is 10. The maximum absolute atomic E-state index is 14.0. The van der Waals surface area contributed by atoms with E-state index in [9.17, 15) is 9.59 Å². The zero-order valence-corrected chi connectivity index (χ0v) is 15.7. The summed E-state index contributed by atoms with van der Waals surface area (Å²) in [6.07, 6.45) is 0. The van der Waals surface area contributed by atoms with Crippen LogP contribution < -0.4 is 0 Å². The van der Waals surface area contributed by atoms with Crippen LogP contribution in [0.5, 0.6) is 0 Å². The van der Waals surface area contributed by atoms with Crippen LogP contribution >= 0.6 is 11.3 Å². The molecule has 130 valence electrons. The Morgan fingerprint density at radius 3 is 1.85 bits per heavy atom. The van der Waals surface area contributed by atoms with E-state index >= 15 is 0 Å². The first kappa shape index (κ1) is 10.9. The molecule has 0 saturated carbocycles. The van der Waals surface area contributed by atoms with Crippen LogP contribution in [0.25, 0.3) is 0 Å². The fraction of sp³-hybridized carbons (Fsp3) is 0.455. The van der Waals surface area contributed by atoms with E-state index in [2.05, 4.69) is 11.4 Å². The Labute approximate surface area is 144 Å². The third-order valence-electron chi connectivity index (χ3n) is 17.3. The van der Waals surface area contributed by atoms with E-state index in [-0.39, 0.29) is 8.63 Å². The molecule has 1 aromatic heterocycles. The van der Waals surface area contributed by atoms with Crippen molar-refractivity contribution in [1.82, 2.24) is 0 Å². The summed E-state index contributed by atoms with van der Waals surface area (Å²) in [5.41, 5.74) is 0.958. The van der Waals surface area contributed by atoms with Crippen molar-refractivity contribution in [2.24, 2.45) is 0 Å². The minimum absolute atomic E-state index is 0.0860. The molecule has 10 saturated heterocycles. The molecule has 11 heterocycles. The molecular weight excluding hydrogens is 384 g/mol. The molecule has 10 aliphatic heterocycles. The molecule has 0 aliphatic carbocycles. The predicted molar refractivity (Wildman–Crippen MR) is 94.8 cm³/mol. The van der Waals surface area contributed by atoms with Crippen molar-refractivity contribution < 1.29 is 16.1 Å². The van der Waals surface area contributed by atoms with Crippen molar-refractivity contribution in [1.29, 1.82) is 0 Å². The Morgan fingerprint density at radius 2 is 1.35 bits per heavy atom. The van der Waals surface area contributed by atoms with Gasteiger partial charge in [-0.3, -0.25) is 0 Å². The van der Waals surface area contributed by atoms with Gasteiger partial charge in [-0.2, -0.15) is 0 Å². The zero-order chi connectivity index (χ0) is 16.6. The average molecular weight is 400 g/mol. The zero-order valence-electron chi connectivity index (χ0n) is 13.8. The van der Waals surface area contributed by atoms with E-state index in [0.717, 1.165) is 49.0 Å². The number of Topliss-reactive ketones (excluding diaryl/α,β-unsaturated/α-hetero) is 2. The summed E-state index contributed by atoms with van der Waals surface area (Å²) in [4.78, 5) is 35.9. The van der Waals surface area contributed by atoms with Gasteiger partial charge in [0, 0.05) is 0 Å². The van der Waals surface area contributed by atoms with Gasteiger partial charge in [0.2, 0.25) is 0 Å². The van der Waals surface area contributed by atoms with Crippen LogP contribution in [0.3, 0.4) is 0 Å². The van der Waals surface area contributed by atoms with Crippen molar-refractivity contribution in [3.05, 3.63) is 58.3 Å². The molecule has 10 aliphatic rings.